The van der Waals surface area contributed by atoms with Crippen molar-refractivity contribution in [1.82, 2.24) is 0 Å². The van der Waals surface area contributed by atoms with Crippen molar-refractivity contribution < 1.29 is 43.5 Å². The summed E-state index contributed by atoms with van der Waals surface area (Å²) in [5, 5.41) is 29.6. The minimum absolute atomic E-state index is 0.0558. The fourth-order valence-corrected chi connectivity index (χ4v) is 12.8. The van der Waals surface area contributed by atoms with Crippen molar-refractivity contribution in [2.45, 2.75) is 261 Å². The fraction of sp³-hybridized carbons (Fsp3) is 0.629. The summed E-state index contributed by atoms with van der Waals surface area (Å²) in [5.74, 6) is 0.647. The number of carbonyl (C=O) groups is 2. The average molecular weight is 1120 g/mol. The molecule has 9 nitrogen and oxygen atoms in total. The number of ether oxygens (including phenoxy) is 3. The van der Waals surface area contributed by atoms with E-state index in [0.717, 1.165) is 86.8 Å². The summed E-state index contributed by atoms with van der Waals surface area (Å²) in [6.07, 6.45) is 9.87. The molecule has 1 fully saturated rings. The van der Waals surface area contributed by atoms with Crippen molar-refractivity contribution in [2.24, 2.45) is 10.8 Å². The Morgan fingerprint density at radius 1 is 0.637 bits per heavy atom. The first-order valence-electron chi connectivity index (χ1n) is 30.4. The Kier molecular flexibility index (Phi) is 24.8. The highest BCUT2D eigenvalue weighted by atomic mass is 28.4. The molecule has 2 unspecified atom stereocenters. The number of aryl methyl sites for hydroxylation is 6. The Balaban J connectivity index is 0.000000349. The van der Waals surface area contributed by atoms with Crippen LogP contribution in [-0.4, -0.2) is 73.2 Å². The molecule has 1 aliphatic heterocycles. The molecule has 1 aliphatic rings. The minimum Gasteiger partial charge on any atom is -0.491 e. The number of carboxylic acids is 1. The maximum atomic E-state index is 11.7. The van der Waals surface area contributed by atoms with Crippen LogP contribution in [0.2, 0.25) is 18.1 Å². The minimum atomic E-state index is -1.87. The van der Waals surface area contributed by atoms with E-state index >= 15 is 0 Å². The number of hydrogen-bond acceptors (Lipinski definition) is 8. The Morgan fingerprint density at radius 3 is 1.49 bits per heavy atom. The highest BCUT2D eigenvalue weighted by Crippen LogP contribution is 2.44. The SMILES string of the molecule is CCC(CC)(c1ccc(CCC(O)C(C)(C)C)c(C)c1)c1ccc(OC[C@@H](O)CCCC(=O)O)c(C)c1.CCC(CC)(c1ccc(CCC(O[Si](C)(C)C(C)(C)C)C(C)(C)C)c(C)c1)c1ccc(OC[C@@H]2CCCC(=O)O2)c(C)c1. The van der Waals surface area contributed by atoms with Crippen molar-refractivity contribution >= 4 is 20.3 Å². The van der Waals surface area contributed by atoms with Crippen molar-refractivity contribution in [1.29, 1.82) is 0 Å². The number of carbonyl (C=O) groups excluding carboxylic acids is 1. The molecule has 0 radical (unpaired) electrons. The highest BCUT2D eigenvalue weighted by molar-refractivity contribution is 6.74. The molecular weight excluding hydrogens is 1010 g/mol. The van der Waals surface area contributed by atoms with Gasteiger partial charge in [0.1, 0.15) is 30.8 Å². The van der Waals surface area contributed by atoms with Gasteiger partial charge in [0.15, 0.2) is 8.32 Å². The quantitative estimate of drug-likeness (QED) is 0.0415. The smallest absolute Gasteiger partial charge is 0.306 e. The van der Waals surface area contributed by atoms with E-state index in [2.05, 4.69) is 191 Å². The molecule has 4 atom stereocenters. The number of esters is 1. The highest BCUT2D eigenvalue weighted by Gasteiger charge is 2.42. The lowest BCUT2D eigenvalue weighted by atomic mass is 9.69. The summed E-state index contributed by atoms with van der Waals surface area (Å²) in [6, 6.07) is 26.9. The third-order valence-electron chi connectivity index (χ3n) is 18.2. The maximum absolute atomic E-state index is 11.7. The van der Waals surface area contributed by atoms with E-state index in [-0.39, 0.29) is 64.0 Å². The van der Waals surface area contributed by atoms with Crippen LogP contribution < -0.4 is 9.47 Å². The van der Waals surface area contributed by atoms with E-state index in [4.69, 9.17) is 23.7 Å². The van der Waals surface area contributed by atoms with Crippen LogP contribution in [0, 0.1) is 38.5 Å². The van der Waals surface area contributed by atoms with Crippen molar-refractivity contribution in [3.05, 3.63) is 128 Å². The molecule has 0 amide bonds. The van der Waals surface area contributed by atoms with Crippen molar-refractivity contribution in [3.63, 3.8) is 0 Å². The average Bonchev–Trinajstić information content (AvgIpc) is 3.40. The van der Waals surface area contributed by atoms with Crippen LogP contribution in [0.3, 0.4) is 0 Å². The topological polar surface area (TPSA) is 132 Å². The van der Waals surface area contributed by atoms with Gasteiger partial charge in [0.25, 0.3) is 0 Å². The molecular formula is C70H108O9Si. The second kappa shape index (κ2) is 29.2. The van der Waals surface area contributed by atoms with Gasteiger partial charge in [-0.1, -0.05) is 151 Å². The summed E-state index contributed by atoms with van der Waals surface area (Å²) in [6.45, 7) is 43.1. The Hall–Kier alpha value is -4.48. The molecule has 0 aliphatic carbocycles. The number of cyclic esters (lactones) is 1. The molecule has 0 saturated carbocycles. The predicted molar refractivity (Wildman–Crippen MR) is 333 cm³/mol. The lowest BCUT2D eigenvalue weighted by Gasteiger charge is -2.43. The number of benzene rings is 4. The van der Waals surface area contributed by atoms with Crippen LogP contribution in [0.4, 0.5) is 0 Å². The Morgan fingerprint density at radius 2 is 1.09 bits per heavy atom. The lowest BCUT2D eigenvalue weighted by Crippen LogP contribution is -2.47. The van der Waals surface area contributed by atoms with Crippen molar-refractivity contribution in [3.8, 4) is 11.5 Å². The molecule has 0 aromatic heterocycles. The van der Waals surface area contributed by atoms with Gasteiger partial charge in [0.2, 0.25) is 0 Å². The van der Waals surface area contributed by atoms with Crippen LogP contribution in [0.15, 0.2) is 72.8 Å². The summed E-state index contributed by atoms with van der Waals surface area (Å²) in [4.78, 5) is 22.3. The molecule has 0 spiro atoms. The van der Waals surface area contributed by atoms with Crippen molar-refractivity contribution in [2.75, 3.05) is 13.2 Å². The maximum Gasteiger partial charge on any atom is 0.306 e. The van der Waals surface area contributed by atoms with Gasteiger partial charge >= 0.3 is 11.9 Å². The zero-order valence-electron chi connectivity index (χ0n) is 53.3. The van der Waals surface area contributed by atoms with Gasteiger partial charge in [-0.05, 0) is 201 Å². The summed E-state index contributed by atoms with van der Waals surface area (Å²) in [7, 11) is -1.87. The number of aliphatic hydroxyl groups excluding tert-OH is 2. The van der Waals surface area contributed by atoms with E-state index in [9.17, 15) is 19.8 Å². The van der Waals surface area contributed by atoms with Crippen LogP contribution in [0.1, 0.15) is 223 Å². The Bertz CT molecular complexity index is 2600. The van der Waals surface area contributed by atoms with Gasteiger partial charge in [-0.15, -0.1) is 0 Å². The number of hydrogen-bond donors (Lipinski definition) is 3. The van der Waals surface area contributed by atoms with Gasteiger partial charge in [0.05, 0.1) is 18.3 Å². The second-order valence-electron chi connectivity index (χ2n) is 27.1. The molecule has 1 saturated heterocycles. The molecule has 4 aromatic carbocycles. The standard InChI is InChI=1S/C38H60O4Si.C32H48O5/c1-13-38(14-2,31-21-22-33(28(4)25-31)40-26-32-16-15-17-35(39)41-32)30-20-18-29(27(3)24-30)19-23-34(36(5,6)7)42-43(11,12)37(8,9)10;1-8-32(9-2,25-15-13-24(22(3)19-25)14-18-29(34)31(5,6)7)26-16-17-28(23(4)20-26)37-21-27(33)11-10-12-30(35)36/h18,20-22,24-25,32,34H,13-17,19,23,26H2,1-12H3;13,15-17,19-20,27,29,33-34H,8-12,14,18,21H2,1-7H3,(H,35,36)/t32-,34?;27-,29?/m00/s1. The number of rotatable bonds is 26. The third kappa shape index (κ3) is 18.3. The van der Waals surface area contributed by atoms with Crippen LogP contribution in [0.25, 0.3) is 0 Å². The summed E-state index contributed by atoms with van der Waals surface area (Å²) in [5.41, 5.74) is 12.5. The first-order valence-corrected chi connectivity index (χ1v) is 33.3. The normalized spacial score (nSPS) is 15.8. The molecule has 80 heavy (non-hydrogen) atoms. The van der Waals surface area contributed by atoms with Crippen LogP contribution in [0.5, 0.6) is 11.5 Å². The van der Waals surface area contributed by atoms with E-state index in [1.54, 1.807) is 0 Å². The van der Waals surface area contributed by atoms with Gasteiger partial charge in [-0.3, -0.25) is 9.59 Å². The largest absolute Gasteiger partial charge is 0.491 e. The van der Waals surface area contributed by atoms with E-state index in [1.807, 2.05) is 13.0 Å². The predicted octanol–water partition coefficient (Wildman–Crippen LogP) is 17.0. The molecule has 1 heterocycles. The van der Waals surface area contributed by atoms with Crippen LogP contribution >= 0.6 is 0 Å². The second-order valence-corrected chi connectivity index (χ2v) is 31.8. The number of aliphatic carboxylic acids is 1. The fourth-order valence-electron chi connectivity index (χ4n) is 11.3. The van der Waals surface area contributed by atoms with Crippen LogP contribution in [-0.2, 0) is 42.4 Å². The third-order valence-corrected chi connectivity index (χ3v) is 22.7. The van der Waals surface area contributed by atoms with Gasteiger partial charge in [-0.2, -0.15) is 0 Å². The monoisotopic (exact) mass is 1120 g/mol. The van der Waals surface area contributed by atoms with Gasteiger partial charge in [-0.25, -0.2) is 0 Å². The van der Waals surface area contributed by atoms with E-state index < -0.39 is 20.4 Å². The lowest BCUT2D eigenvalue weighted by molar-refractivity contribution is -0.155. The Labute approximate surface area is 486 Å². The zero-order valence-corrected chi connectivity index (χ0v) is 54.3. The van der Waals surface area contributed by atoms with Gasteiger partial charge in [0, 0.05) is 23.7 Å². The molecule has 446 valence electrons. The van der Waals surface area contributed by atoms with E-state index in [1.165, 1.54) is 44.5 Å². The van der Waals surface area contributed by atoms with E-state index in [0.29, 0.717) is 25.9 Å². The first kappa shape index (κ1) is 68.0. The summed E-state index contributed by atoms with van der Waals surface area (Å²) < 4.78 is 24.5. The number of aliphatic hydroxyl groups is 2. The molecule has 10 heteroatoms. The molecule has 0 bridgehead atoms. The molecule has 5 rings (SSSR count). The number of carboxylic acid groups (broad SMARTS) is 1. The van der Waals surface area contributed by atoms with Gasteiger partial charge < -0.3 is 34.0 Å². The molecule has 3 N–H and O–H groups in total. The first-order chi connectivity index (χ1) is 37.3. The molecule has 4 aromatic rings. The zero-order chi connectivity index (χ0) is 60.0. The summed E-state index contributed by atoms with van der Waals surface area (Å²) >= 11 is 0.